The summed E-state index contributed by atoms with van der Waals surface area (Å²) in [5.41, 5.74) is 9.95. The van der Waals surface area contributed by atoms with Crippen molar-refractivity contribution in [2.45, 2.75) is 20.3 Å². The maximum Gasteiger partial charge on any atom is 0.109 e. The number of nitrogens with two attached hydrogens (primary N) is 1. The first kappa shape index (κ1) is 9.06. The van der Waals surface area contributed by atoms with Crippen LogP contribution in [0.25, 0.3) is 11.0 Å². The molecule has 1 aromatic carbocycles. The van der Waals surface area contributed by atoms with E-state index in [1.807, 2.05) is 26.1 Å². The number of nitrogen functional groups attached to an aromatic ring is 1. The SMILES string of the molecule is CCc1nc2cc(C)c(N)cc2n1C. The summed E-state index contributed by atoms with van der Waals surface area (Å²) in [5, 5.41) is 0. The van der Waals surface area contributed by atoms with E-state index in [0.29, 0.717) is 0 Å². The molecular weight excluding hydrogens is 174 g/mol. The maximum atomic E-state index is 5.86. The summed E-state index contributed by atoms with van der Waals surface area (Å²) in [7, 11) is 2.03. The molecule has 2 N–H and O–H groups in total. The van der Waals surface area contributed by atoms with Gasteiger partial charge < -0.3 is 10.3 Å². The molecule has 0 saturated heterocycles. The van der Waals surface area contributed by atoms with Gasteiger partial charge in [0.25, 0.3) is 0 Å². The molecule has 3 heteroatoms. The number of nitrogens with zero attached hydrogens (tertiary/aromatic N) is 2. The molecule has 0 saturated carbocycles. The van der Waals surface area contributed by atoms with E-state index in [4.69, 9.17) is 5.73 Å². The number of benzene rings is 1. The van der Waals surface area contributed by atoms with Crippen molar-refractivity contribution in [1.82, 2.24) is 9.55 Å². The lowest BCUT2D eigenvalue weighted by Crippen LogP contribution is -1.95. The van der Waals surface area contributed by atoms with E-state index in [1.165, 1.54) is 0 Å². The predicted molar refractivity (Wildman–Crippen MR) is 59.2 cm³/mol. The minimum absolute atomic E-state index is 0.836. The van der Waals surface area contributed by atoms with Crippen LogP contribution in [0.15, 0.2) is 12.1 Å². The number of anilines is 1. The molecule has 2 rings (SSSR count). The van der Waals surface area contributed by atoms with E-state index in [1.54, 1.807) is 0 Å². The van der Waals surface area contributed by atoms with Gasteiger partial charge in [-0.3, -0.25) is 0 Å². The van der Waals surface area contributed by atoms with E-state index < -0.39 is 0 Å². The molecule has 1 aromatic heterocycles. The normalized spacial score (nSPS) is 11.1. The van der Waals surface area contributed by atoms with Gasteiger partial charge in [0.2, 0.25) is 0 Å². The maximum absolute atomic E-state index is 5.86. The molecule has 0 radical (unpaired) electrons. The van der Waals surface area contributed by atoms with Crippen LogP contribution in [-0.4, -0.2) is 9.55 Å². The first-order valence-electron chi connectivity index (χ1n) is 4.85. The van der Waals surface area contributed by atoms with Crippen molar-refractivity contribution in [3.8, 4) is 0 Å². The summed E-state index contributed by atoms with van der Waals surface area (Å²) in [6.07, 6.45) is 0.949. The zero-order valence-corrected chi connectivity index (χ0v) is 8.83. The van der Waals surface area contributed by atoms with Crippen LogP contribution < -0.4 is 5.73 Å². The Labute approximate surface area is 83.6 Å². The van der Waals surface area contributed by atoms with Crippen molar-refractivity contribution in [3.05, 3.63) is 23.5 Å². The number of aryl methyl sites for hydroxylation is 3. The van der Waals surface area contributed by atoms with Crippen LogP contribution in [0.3, 0.4) is 0 Å². The van der Waals surface area contributed by atoms with E-state index >= 15 is 0 Å². The highest BCUT2D eigenvalue weighted by Gasteiger charge is 2.07. The molecule has 3 nitrogen and oxygen atoms in total. The van der Waals surface area contributed by atoms with Crippen molar-refractivity contribution in [1.29, 1.82) is 0 Å². The number of imidazole rings is 1. The Morgan fingerprint density at radius 2 is 2.14 bits per heavy atom. The fourth-order valence-electron chi connectivity index (χ4n) is 1.72. The molecule has 0 aliphatic heterocycles. The summed E-state index contributed by atoms with van der Waals surface area (Å²) in [4.78, 5) is 4.54. The zero-order valence-electron chi connectivity index (χ0n) is 8.83. The minimum Gasteiger partial charge on any atom is -0.398 e. The van der Waals surface area contributed by atoms with E-state index in [-0.39, 0.29) is 0 Å². The molecule has 74 valence electrons. The number of rotatable bonds is 1. The Balaban J connectivity index is 2.80. The van der Waals surface area contributed by atoms with Gasteiger partial charge in [0.15, 0.2) is 0 Å². The molecule has 0 amide bonds. The third-order valence-corrected chi connectivity index (χ3v) is 2.68. The van der Waals surface area contributed by atoms with Gasteiger partial charge in [0.05, 0.1) is 11.0 Å². The number of fused-ring (bicyclic) bond motifs is 1. The van der Waals surface area contributed by atoms with E-state index in [0.717, 1.165) is 34.5 Å². The second-order valence-corrected chi connectivity index (χ2v) is 3.64. The second-order valence-electron chi connectivity index (χ2n) is 3.64. The van der Waals surface area contributed by atoms with Crippen LogP contribution in [0.2, 0.25) is 0 Å². The molecule has 0 atom stereocenters. The van der Waals surface area contributed by atoms with E-state index in [9.17, 15) is 0 Å². The summed E-state index contributed by atoms with van der Waals surface area (Å²) in [5.74, 6) is 1.10. The Hall–Kier alpha value is -1.51. The van der Waals surface area contributed by atoms with Crippen LogP contribution in [0.5, 0.6) is 0 Å². The van der Waals surface area contributed by atoms with Gasteiger partial charge in [-0.15, -0.1) is 0 Å². The number of hydrogen-bond donors (Lipinski definition) is 1. The highest BCUT2D eigenvalue weighted by atomic mass is 15.1. The van der Waals surface area contributed by atoms with Crippen molar-refractivity contribution < 1.29 is 0 Å². The van der Waals surface area contributed by atoms with Gasteiger partial charge in [-0.2, -0.15) is 0 Å². The van der Waals surface area contributed by atoms with Crippen LogP contribution in [0.4, 0.5) is 5.69 Å². The van der Waals surface area contributed by atoms with Gasteiger partial charge >= 0.3 is 0 Å². The third-order valence-electron chi connectivity index (χ3n) is 2.68. The molecule has 1 heterocycles. The Kier molecular flexibility index (Phi) is 1.95. The lowest BCUT2D eigenvalue weighted by Gasteiger charge is -2.01. The molecule has 2 aromatic rings. The van der Waals surface area contributed by atoms with Crippen molar-refractivity contribution in [2.75, 3.05) is 5.73 Å². The summed E-state index contributed by atoms with van der Waals surface area (Å²) < 4.78 is 2.10. The first-order valence-corrected chi connectivity index (χ1v) is 4.85. The van der Waals surface area contributed by atoms with Crippen LogP contribution in [0.1, 0.15) is 18.3 Å². The Bertz CT molecular complexity index is 483. The fraction of sp³-hybridized carbons (Fsp3) is 0.364. The molecule has 0 bridgehead atoms. The van der Waals surface area contributed by atoms with Gasteiger partial charge in [-0.05, 0) is 24.6 Å². The topological polar surface area (TPSA) is 43.8 Å². The lowest BCUT2D eigenvalue weighted by atomic mass is 10.2. The molecule has 0 aliphatic rings. The molecule has 14 heavy (non-hydrogen) atoms. The highest BCUT2D eigenvalue weighted by Crippen LogP contribution is 2.21. The summed E-state index contributed by atoms with van der Waals surface area (Å²) in [6, 6.07) is 4.04. The van der Waals surface area contributed by atoms with Gasteiger partial charge in [0, 0.05) is 19.2 Å². The fourth-order valence-corrected chi connectivity index (χ4v) is 1.72. The van der Waals surface area contributed by atoms with Crippen LogP contribution >= 0.6 is 0 Å². The van der Waals surface area contributed by atoms with E-state index in [2.05, 4.69) is 16.5 Å². The van der Waals surface area contributed by atoms with Crippen LogP contribution in [0, 0.1) is 6.92 Å². The largest absolute Gasteiger partial charge is 0.398 e. The molecule has 0 aliphatic carbocycles. The second kappa shape index (κ2) is 3.01. The van der Waals surface area contributed by atoms with Gasteiger partial charge in [-0.25, -0.2) is 4.98 Å². The smallest absolute Gasteiger partial charge is 0.109 e. The zero-order chi connectivity index (χ0) is 10.3. The summed E-state index contributed by atoms with van der Waals surface area (Å²) in [6.45, 7) is 4.12. The monoisotopic (exact) mass is 189 g/mol. The standard InChI is InChI=1S/C11H15N3/c1-4-11-13-9-5-7(2)8(12)6-10(9)14(11)3/h5-6H,4,12H2,1-3H3. The average molecular weight is 189 g/mol. The molecular formula is C11H15N3. The molecule has 0 fully saturated rings. The Morgan fingerprint density at radius 1 is 1.43 bits per heavy atom. The Morgan fingerprint density at radius 3 is 2.79 bits per heavy atom. The van der Waals surface area contributed by atoms with Crippen molar-refractivity contribution in [2.24, 2.45) is 7.05 Å². The minimum atomic E-state index is 0.836. The lowest BCUT2D eigenvalue weighted by molar-refractivity contribution is 0.829. The van der Waals surface area contributed by atoms with Crippen LogP contribution in [-0.2, 0) is 13.5 Å². The number of hydrogen-bond acceptors (Lipinski definition) is 2. The first-order chi connectivity index (χ1) is 6.63. The quantitative estimate of drug-likeness (QED) is 0.697. The predicted octanol–water partition coefficient (Wildman–Crippen LogP) is 2.03. The number of aromatic nitrogens is 2. The van der Waals surface area contributed by atoms with Gasteiger partial charge in [-0.1, -0.05) is 6.92 Å². The van der Waals surface area contributed by atoms with Crippen molar-refractivity contribution in [3.63, 3.8) is 0 Å². The highest BCUT2D eigenvalue weighted by molar-refractivity contribution is 5.81. The molecule has 0 spiro atoms. The third kappa shape index (κ3) is 1.16. The summed E-state index contributed by atoms with van der Waals surface area (Å²) >= 11 is 0. The van der Waals surface area contributed by atoms with Crippen molar-refractivity contribution >= 4 is 16.7 Å². The average Bonchev–Trinajstić information content (AvgIpc) is 2.45. The molecule has 0 unspecified atom stereocenters. The van der Waals surface area contributed by atoms with Gasteiger partial charge in [0.1, 0.15) is 5.82 Å².